The van der Waals surface area contributed by atoms with Gasteiger partial charge in [0.05, 0.1) is 6.54 Å². The third-order valence-corrected chi connectivity index (χ3v) is 4.85. The fraction of sp³-hybridized carbons (Fsp3) is 0.412. The number of hydrogen-bond acceptors (Lipinski definition) is 6. The lowest BCUT2D eigenvalue weighted by Crippen LogP contribution is -2.51. The van der Waals surface area contributed by atoms with Gasteiger partial charge in [-0.3, -0.25) is 4.99 Å². The highest BCUT2D eigenvalue weighted by Gasteiger charge is 2.20. The van der Waals surface area contributed by atoms with Crippen molar-refractivity contribution in [3.63, 3.8) is 0 Å². The van der Waals surface area contributed by atoms with Gasteiger partial charge in [0.1, 0.15) is 24.3 Å². The van der Waals surface area contributed by atoms with Crippen molar-refractivity contribution in [2.24, 2.45) is 10.7 Å². The minimum absolute atomic E-state index is 0. The van der Waals surface area contributed by atoms with Gasteiger partial charge in [-0.15, -0.1) is 35.3 Å². The Morgan fingerprint density at radius 2 is 2.00 bits per heavy atom. The number of anilines is 1. The smallest absolute Gasteiger partial charge is 0.191 e. The van der Waals surface area contributed by atoms with Gasteiger partial charge in [0, 0.05) is 37.8 Å². The van der Waals surface area contributed by atoms with E-state index in [4.69, 9.17) is 10.5 Å². The molecule has 1 atom stereocenters. The summed E-state index contributed by atoms with van der Waals surface area (Å²) in [6.45, 7) is 3.41. The summed E-state index contributed by atoms with van der Waals surface area (Å²) in [4.78, 5) is 12.8. The molecule has 1 saturated heterocycles. The number of thiazole rings is 1. The third-order valence-electron chi connectivity index (χ3n) is 4.01. The summed E-state index contributed by atoms with van der Waals surface area (Å²) in [5.74, 6) is 0.593. The van der Waals surface area contributed by atoms with Gasteiger partial charge in [-0.2, -0.15) is 0 Å². The van der Waals surface area contributed by atoms with E-state index in [2.05, 4.69) is 14.9 Å². The van der Waals surface area contributed by atoms with Crippen LogP contribution < -0.4 is 15.4 Å². The summed E-state index contributed by atoms with van der Waals surface area (Å²) in [7, 11) is 0. The zero-order valence-corrected chi connectivity index (χ0v) is 17.8. The highest BCUT2D eigenvalue weighted by atomic mass is 127. The molecule has 148 valence electrons. The Labute approximate surface area is 178 Å². The summed E-state index contributed by atoms with van der Waals surface area (Å²) >= 11 is 1.62. The van der Waals surface area contributed by atoms with Gasteiger partial charge in [0.2, 0.25) is 0 Å². The van der Waals surface area contributed by atoms with E-state index < -0.39 is 6.10 Å². The van der Waals surface area contributed by atoms with Gasteiger partial charge in [0.15, 0.2) is 11.1 Å². The monoisotopic (exact) mass is 507 g/mol. The number of aliphatic hydroxyl groups excluding tert-OH is 1. The van der Waals surface area contributed by atoms with Gasteiger partial charge in [-0.25, -0.2) is 9.37 Å². The highest BCUT2D eigenvalue weighted by molar-refractivity contribution is 14.0. The number of aliphatic hydroxyl groups is 1. The Bertz CT molecular complexity index is 709. The number of nitrogens with two attached hydrogens (primary N) is 1. The van der Waals surface area contributed by atoms with Crippen LogP contribution in [0.5, 0.6) is 5.75 Å². The maximum absolute atomic E-state index is 12.8. The van der Waals surface area contributed by atoms with Crippen molar-refractivity contribution in [3.8, 4) is 5.75 Å². The molecule has 2 aromatic rings. The molecule has 3 rings (SSSR count). The van der Waals surface area contributed by atoms with Crippen LogP contribution in [-0.2, 0) is 0 Å². The van der Waals surface area contributed by atoms with Crippen molar-refractivity contribution in [1.82, 2.24) is 9.88 Å². The molecule has 1 aromatic heterocycles. The number of nitrogens with zero attached hydrogens (tertiary/aromatic N) is 4. The third kappa shape index (κ3) is 6.47. The van der Waals surface area contributed by atoms with Crippen LogP contribution in [0.3, 0.4) is 0 Å². The molecule has 0 aliphatic carbocycles. The van der Waals surface area contributed by atoms with Crippen molar-refractivity contribution in [3.05, 3.63) is 41.7 Å². The molecule has 1 unspecified atom stereocenters. The minimum atomic E-state index is -0.782. The molecule has 3 N–H and O–H groups in total. The summed E-state index contributed by atoms with van der Waals surface area (Å²) in [6, 6.07) is 5.65. The molecular weight excluding hydrogens is 484 g/mol. The molecule has 1 fully saturated rings. The first-order valence-electron chi connectivity index (χ1n) is 8.37. The Hall–Kier alpha value is -1.66. The van der Waals surface area contributed by atoms with Crippen LogP contribution in [0.2, 0.25) is 0 Å². The number of aliphatic imine (C=N–C) groups is 1. The molecule has 0 saturated carbocycles. The normalized spacial score (nSPS) is 16.0. The van der Waals surface area contributed by atoms with Gasteiger partial charge in [-0.1, -0.05) is 0 Å². The Morgan fingerprint density at radius 1 is 1.30 bits per heavy atom. The molecule has 2 heterocycles. The van der Waals surface area contributed by atoms with Gasteiger partial charge in [0.25, 0.3) is 0 Å². The lowest BCUT2D eigenvalue weighted by atomic mass is 10.3. The second kappa shape index (κ2) is 10.6. The van der Waals surface area contributed by atoms with E-state index in [0.29, 0.717) is 11.7 Å². The van der Waals surface area contributed by atoms with Crippen LogP contribution in [0.25, 0.3) is 0 Å². The second-order valence-corrected chi connectivity index (χ2v) is 6.78. The number of benzene rings is 1. The fourth-order valence-corrected chi connectivity index (χ4v) is 3.27. The summed E-state index contributed by atoms with van der Waals surface area (Å²) in [5.41, 5.74) is 6.04. The fourth-order valence-electron chi connectivity index (χ4n) is 2.57. The topological polar surface area (TPSA) is 87.2 Å². The Morgan fingerprint density at radius 3 is 2.63 bits per heavy atom. The molecule has 27 heavy (non-hydrogen) atoms. The first-order chi connectivity index (χ1) is 12.6. The van der Waals surface area contributed by atoms with Crippen LogP contribution in [0.4, 0.5) is 9.52 Å². The van der Waals surface area contributed by atoms with E-state index in [1.165, 1.54) is 24.3 Å². The van der Waals surface area contributed by atoms with Crippen LogP contribution in [0, 0.1) is 5.82 Å². The molecule has 1 aliphatic heterocycles. The molecular formula is C17H23FIN5O2S. The number of guanidine groups is 1. The largest absolute Gasteiger partial charge is 0.491 e. The average Bonchev–Trinajstić information content (AvgIpc) is 3.20. The van der Waals surface area contributed by atoms with E-state index >= 15 is 0 Å². The average molecular weight is 507 g/mol. The maximum Gasteiger partial charge on any atom is 0.191 e. The minimum Gasteiger partial charge on any atom is -0.491 e. The quantitative estimate of drug-likeness (QED) is 0.352. The number of rotatable bonds is 6. The van der Waals surface area contributed by atoms with E-state index in [-0.39, 0.29) is 42.9 Å². The van der Waals surface area contributed by atoms with Crippen LogP contribution in [-0.4, -0.2) is 66.4 Å². The standard InChI is InChI=1S/C17H22FN5O2S.HI/c18-13-1-3-15(4-2-13)25-12-14(24)11-21-16(19)22-6-8-23(9-7-22)17-20-5-10-26-17;/h1-5,10,14,24H,6-9,11-12H2,(H2,19,21);1H. The van der Waals surface area contributed by atoms with Crippen LogP contribution in [0.15, 0.2) is 40.8 Å². The molecule has 0 spiro atoms. The molecule has 0 amide bonds. The second-order valence-electron chi connectivity index (χ2n) is 5.91. The van der Waals surface area contributed by atoms with E-state index in [1.54, 1.807) is 17.5 Å². The first-order valence-corrected chi connectivity index (χ1v) is 9.25. The lowest BCUT2D eigenvalue weighted by molar-refractivity contribution is 0.114. The number of ether oxygens (including phenoxy) is 1. The van der Waals surface area contributed by atoms with Crippen LogP contribution in [0.1, 0.15) is 0 Å². The van der Waals surface area contributed by atoms with E-state index in [9.17, 15) is 9.50 Å². The maximum atomic E-state index is 12.8. The SMILES string of the molecule is I.NC(=NCC(O)COc1ccc(F)cc1)N1CCN(c2nccs2)CC1. The van der Waals surface area contributed by atoms with E-state index in [1.807, 2.05) is 10.3 Å². The molecule has 1 aliphatic rings. The van der Waals surface area contributed by atoms with Crippen LogP contribution >= 0.6 is 35.3 Å². The summed E-state index contributed by atoms with van der Waals surface area (Å²) in [5, 5.41) is 13.0. The number of hydrogen-bond donors (Lipinski definition) is 2. The molecule has 10 heteroatoms. The van der Waals surface area contributed by atoms with Gasteiger partial charge in [-0.05, 0) is 24.3 Å². The van der Waals surface area contributed by atoms with Gasteiger partial charge < -0.3 is 25.4 Å². The predicted molar refractivity (Wildman–Crippen MR) is 116 cm³/mol. The lowest BCUT2D eigenvalue weighted by Gasteiger charge is -2.35. The van der Waals surface area contributed by atoms with Crippen molar-refractivity contribution >= 4 is 46.4 Å². The summed E-state index contributed by atoms with van der Waals surface area (Å²) < 4.78 is 18.2. The van der Waals surface area contributed by atoms with Gasteiger partial charge >= 0.3 is 0 Å². The molecule has 0 bridgehead atoms. The van der Waals surface area contributed by atoms with Crippen molar-refractivity contribution in [1.29, 1.82) is 0 Å². The van der Waals surface area contributed by atoms with Crippen molar-refractivity contribution in [2.75, 3.05) is 44.2 Å². The zero-order valence-electron chi connectivity index (χ0n) is 14.7. The van der Waals surface area contributed by atoms with E-state index in [0.717, 1.165) is 31.3 Å². The Balaban J connectivity index is 0.00000261. The summed E-state index contributed by atoms with van der Waals surface area (Å²) in [6.07, 6.45) is 1.02. The zero-order chi connectivity index (χ0) is 18.4. The highest BCUT2D eigenvalue weighted by Crippen LogP contribution is 2.18. The number of aromatic nitrogens is 1. The number of halogens is 2. The first kappa shape index (κ1) is 21.6. The Kier molecular flexibility index (Phi) is 8.51. The molecule has 0 radical (unpaired) electrons. The number of piperazine rings is 1. The predicted octanol–water partition coefficient (Wildman–Crippen LogP) is 1.78. The van der Waals surface area contributed by atoms with Crippen molar-refractivity contribution in [2.45, 2.75) is 6.10 Å². The molecule has 7 nitrogen and oxygen atoms in total. The molecule has 1 aromatic carbocycles. The van der Waals surface area contributed by atoms with Crippen molar-refractivity contribution < 1.29 is 14.2 Å².